The van der Waals surface area contributed by atoms with Crippen molar-refractivity contribution in [1.29, 1.82) is 0 Å². The van der Waals surface area contributed by atoms with E-state index in [1.807, 2.05) is 36.4 Å². The number of H-pyrrole nitrogens is 1. The number of aromatic nitrogens is 1. The second kappa shape index (κ2) is 9.24. The van der Waals surface area contributed by atoms with Crippen molar-refractivity contribution >= 4 is 22.9 Å². The summed E-state index contributed by atoms with van der Waals surface area (Å²) in [6, 6.07) is 13.6. The second-order valence-corrected chi connectivity index (χ2v) is 6.96. The molecule has 3 rings (SSSR count). The van der Waals surface area contributed by atoms with Gasteiger partial charge in [-0.3, -0.25) is 0 Å². The van der Waals surface area contributed by atoms with Crippen molar-refractivity contribution in [3.05, 3.63) is 71.4 Å². The normalized spacial score (nSPS) is 11.4. The molecule has 0 unspecified atom stereocenters. The third kappa shape index (κ3) is 5.24. The van der Waals surface area contributed by atoms with Crippen molar-refractivity contribution in [3.63, 3.8) is 0 Å². The number of esters is 1. The fraction of sp³-hybridized carbons (Fsp3) is 0.261. The van der Waals surface area contributed by atoms with Crippen LogP contribution in [0, 0.1) is 0 Å². The fourth-order valence-electron chi connectivity index (χ4n) is 2.94. The van der Waals surface area contributed by atoms with Crippen LogP contribution >= 0.6 is 0 Å². The van der Waals surface area contributed by atoms with Crippen molar-refractivity contribution < 1.29 is 14.3 Å². The fourth-order valence-corrected chi connectivity index (χ4v) is 2.94. The summed E-state index contributed by atoms with van der Waals surface area (Å²) in [6.45, 7) is 1.23. The maximum Gasteiger partial charge on any atom is 0.331 e. The lowest BCUT2D eigenvalue weighted by molar-refractivity contribution is -0.138. The molecule has 1 aromatic heterocycles. The summed E-state index contributed by atoms with van der Waals surface area (Å²) in [6.07, 6.45) is 6.30. The van der Waals surface area contributed by atoms with Gasteiger partial charge in [0.05, 0.1) is 7.11 Å². The minimum Gasteiger partial charge on any atom is -0.497 e. The predicted octanol–water partition coefficient (Wildman–Crippen LogP) is 4.04. The molecule has 0 aliphatic rings. The van der Waals surface area contributed by atoms with Crippen LogP contribution in [-0.4, -0.2) is 43.6 Å². The van der Waals surface area contributed by atoms with Crippen LogP contribution in [0.5, 0.6) is 5.75 Å². The lowest BCUT2D eigenvalue weighted by Gasteiger charge is -2.08. The Morgan fingerprint density at radius 1 is 1.14 bits per heavy atom. The summed E-state index contributed by atoms with van der Waals surface area (Å²) in [5.41, 5.74) is 4.27. The van der Waals surface area contributed by atoms with Gasteiger partial charge >= 0.3 is 5.97 Å². The van der Waals surface area contributed by atoms with E-state index < -0.39 is 0 Å². The van der Waals surface area contributed by atoms with E-state index in [-0.39, 0.29) is 12.6 Å². The van der Waals surface area contributed by atoms with Crippen LogP contribution in [0.4, 0.5) is 0 Å². The Bertz CT molecular complexity index is 956. The molecule has 0 radical (unpaired) electrons. The first kappa shape index (κ1) is 19.7. The number of carbonyl (C=O) groups excluding carboxylic acids is 1. The number of ether oxygens (including phenoxy) is 2. The molecule has 0 atom stereocenters. The van der Waals surface area contributed by atoms with Crippen molar-refractivity contribution in [1.82, 2.24) is 9.88 Å². The number of benzene rings is 2. The van der Waals surface area contributed by atoms with E-state index in [0.717, 1.165) is 35.4 Å². The van der Waals surface area contributed by atoms with Crippen LogP contribution in [0.25, 0.3) is 17.0 Å². The Kier molecular flexibility index (Phi) is 6.50. The quantitative estimate of drug-likeness (QED) is 0.475. The second-order valence-electron chi connectivity index (χ2n) is 6.96. The number of rotatable bonds is 8. The Morgan fingerprint density at radius 2 is 1.93 bits per heavy atom. The Balaban J connectivity index is 1.61. The summed E-state index contributed by atoms with van der Waals surface area (Å²) in [4.78, 5) is 17.5. The molecular weight excluding hydrogens is 352 g/mol. The first-order valence-electron chi connectivity index (χ1n) is 9.27. The lowest BCUT2D eigenvalue weighted by Crippen LogP contribution is -2.14. The van der Waals surface area contributed by atoms with Crippen molar-refractivity contribution in [3.8, 4) is 5.75 Å². The van der Waals surface area contributed by atoms with E-state index in [1.54, 1.807) is 13.2 Å². The molecule has 0 aliphatic carbocycles. The third-order valence-electron chi connectivity index (χ3n) is 4.57. The highest BCUT2D eigenvalue weighted by Crippen LogP contribution is 2.21. The van der Waals surface area contributed by atoms with Crippen molar-refractivity contribution in [2.45, 2.75) is 13.0 Å². The zero-order valence-corrected chi connectivity index (χ0v) is 16.6. The van der Waals surface area contributed by atoms with Crippen LogP contribution in [0.3, 0.4) is 0 Å². The smallest absolute Gasteiger partial charge is 0.331 e. The van der Waals surface area contributed by atoms with E-state index in [0.29, 0.717) is 0 Å². The SMILES string of the molecule is COc1ccc(COC(=O)/C=C/c2ccc3[nH]cc(CCN(C)C)c3c2)cc1. The zero-order chi connectivity index (χ0) is 19.9. The molecule has 0 saturated carbocycles. The molecule has 5 nitrogen and oxygen atoms in total. The van der Waals surface area contributed by atoms with Crippen LogP contribution < -0.4 is 4.74 Å². The molecule has 5 heteroatoms. The number of nitrogens with zero attached hydrogens (tertiary/aromatic N) is 1. The minimum atomic E-state index is -0.363. The predicted molar refractivity (Wildman–Crippen MR) is 112 cm³/mol. The highest BCUT2D eigenvalue weighted by molar-refractivity contribution is 5.90. The average molecular weight is 378 g/mol. The largest absolute Gasteiger partial charge is 0.497 e. The molecule has 0 spiro atoms. The Morgan fingerprint density at radius 3 is 2.64 bits per heavy atom. The molecule has 0 saturated heterocycles. The van der Waals surface area contributed by atoms with Gasteiger partial charge in [-0.2, -0.15) is 0 Å². The summed E-state index contributed by atoms with van der Waals surface area (Å²) in [7, 11) is 5.76. The average Bonchev–Trinajstić information content (AvgIpc) is 3.11. The van der Waals surface area contributed by atoms with Gasteiger partial charge in [-0.05, 0) is 67.5 Å². The van der Waals surface area contributed by atoms with Crippen LogP contribution in [0.2, 0.25) is 0 Å². The standard InChI is InChI=1S/C23H26N2O3/c1-25(2)13-12-19-15-24-22-10-6-17(14-21(19)22)7-11-23(26)28-16-18-4-8-20(27-3)9-5-18/h4-11,14-15,24H,12-13,16H2,1-3H3/b11-7+. The molecule has 0 bridgehead atoms. The van der Waals surface area contributed by atoms with Gasteiger partial charge in [-0.25, -0.2) is 4.79 Å². The van der Waals surface area contributed by atoms with Crippen molar-refractivity contribution in [2.24, 2.45) is 0 Å². The topological polar surface area (TPSA) is 54.6 Å². The van der Waals surface area contributed by atoms with Gasteiger partial charge in [0.25, 0.3) is 0 Å². The van der Waals surface area contributed by atoms with Gasteiger partial charge in [0.1, 0.15) is 12.4 Å². The van der Waals surface area contributed by atoms with Crippen LogP contribution in [0.1, 0.15) is 16.7 Å². The van der Waals surface area contributed by atoms with Gasteiger partial charge in [0.15, 0.2) is 0 Å². The first-order valence-corrected chi connectivity index (χ1v) is 9.27. The molecule has 0 fully saturated rings. The maximum atomic E-state index is 12.0. The van der Waals surface area contributed by atoms with E-state index in [4.69, 9.17) is 9.47 Å². The number of nitrogens with one attached hydrogen (secondary N) is 1. The van der Waals surface area contributed by atoms with E-state index in [9.17, 15) is 4.79 Å². The highest BCUT2D eigenvalue weighted by atomic mass is 16.5. The zero-order valence-electron chi connectivity index (χ0n) is 16.6. The molecule has 2 aromatic carbocycles. The summed E-state index contributed by atoms with van der Waals surface area (Å²) >= 11 is 0. The van der Waals surface area contributed by atoms with Gasteiger partial charge in [-0.1, -0.05) is 18.2 Å². The molecule has 0 aliphatic heterocycles. The third-order valence-corrected chi connectivity index (χ3v) is 4.57. The summed E-state index contributed by atoms with van der Waals surface area (Å²) in [5.74, 6) is 0.415. The minimum absolute atomic E-state index is 0.235. The van der Waals surface area contributed by atoms with Gasteiger partial charge in [0, 0.05) is 29.7 Å². The molecule has 146 valence electrons. The molecule has 3 aromatic rings. The number of likely N-dealkylation sites (N-methyl/N-ethyl adjacent to an activating group) is 1. The van der Waals surface area contributed by atoms with Gasteiger partial charge in [0.2, 0.25) is 0 Å². The molecule has 1 heterocycles. The van der Waals surface area contributed by atoms with Crippen molar-refractivity contribution in [2.75, 3.05) is 27.7 Å². The highest BCUT2D eigenvalue weighted by Gasteiger charge is 2.05. The summed E-state index contributed by atoms with van der Waals surface area (Å²) < 4.78 is 10.4. The summed E-state index contributed by atoms with van der Waals surface area (Å²) in [5, 5.41) is 1.19. The Hall–Kier alpha value is -3.05. The van der Waals surface area contributed by atoms with E-state index in [1.165, 1.54) is 17.0 Å². The van der Waals surface area contributed by atoms with Crippen LogP contribution in [0.15, 0.2) is 54.7 Å². The van der Waals surface area contributed by atoms with E-state index >= 15 is 0 Å². The molecule has 28 heavy (non-hydrogen) atoms. The lowest BCUT2D eigenvalue weighted by atomic mass is 10.1. The number of aromatic amines is 1. The number of fused-ring (bicyclic) bond motifs is 1. The first-order chi connectivity index (χ1) is 13.5. The van der Waals surface area contributed by atoms with Crippen LogP contribution in [-0.2, 0) is 22.6 Å². The molecule has 1 N–H and O–H groups in total. The Labute approximate surface area is 165 Å². The molecule has 0 amide bonds. The van der Waals surface area contributed by atoms with Gasteiger partial charge in [-0.15, -0.1) is 0 Å². The maximum absolute atomic E-state index is 12.0. The number of carbonyl (C=O) groups is 1. The molecular formula is C23H26N2O3. The van der Waals surface area contributed by atoms with Gasteiger partial charge < -0.3 is 19.4 Å². The number of methoxy groups -OCH3 is 1. The number of hydrogen-bond donors (Lipinski definition) is 1. The monoisotopic (exact) mass is 378 g/mol. The number of hydrogen-bond acceptors (Lipinski definition) is 4. The van der Waals surface area contributed by atoms with E-state index in [2.05, 4.69) is 36.2 Å².